The summed E-state index contributed by atoms with van der Waals surface area (Å²) >= 11 is 0. The fourth-order valence-corrected chi connectivity index (χ4v) is 3.68. The van der Waals surface area contributed by atoms with Gasteiger partial charge in [-0.1, -0.05) is 0 Å². The standard InChI is InChI=1S/C21H25N9O2/c1-32-20-13(9-26-21(24)29-20)15-5-4-14(23)18(27-15)19(31)28-16-10-25-7-6-17(16)30-8-2-3-12(22)11-30/h4-7,9-10,12H,2-3,8,11,22-23H2,1H3,(H,28,31)(H2,24,26,29)/t12-/m0/s1. The lowest BCUT2D eigenvalue weighted by molar-refractivity contribution is 0.102. The van der Waals surface area contributed by atoms with Crippen LogP contribution in [0.2, 0.25) is 0 Å². The average molecular weight is 435 g/mol. The minimum absolute atomic E-state index is 0.0616. The number of nitrogens with zero attached hydrogens (tertiary/aromatic N) is 5. The van der Waals surface area contributed by atoms with Crippen LogP contribution in [0.5, 0.6) is 5.88 Å². The van der Waals surface area contributed by atoms with E-state index in [1.54, 1.807) is 24.5 Å². The number of aromatic nitrogens is 4. The van der Waals surface area contributed by atoms with E-state index in [0.29, 0.717) is 23.5 Å². The zero-order valence-corrected chi connectivity index (χ0v) is 17.7. The molecule has 1 aliphatic heterocycles. The first-order valence-electron chi connectivity index (χ1n) is 10.2. The van der Waals surface area contributed by atoms with Gasteiger partial charge >= 0.3 is 0 Å². The molecule has 11 heteroatoms. The highest BCUT2D eigenvalue weighted by Crippen LogP contribution is 2.30. The van der Waals surface area contributed by atoms with E-state index >= 15 is 0 Å². The summed E-state index contributed by atoms with van der Waals surface area (Å²) in [6.45, 7) is 1.56. The minimum atomic E-state index is -0.463. The second-order valence-corrected chi connectivity index (χ2v) is 7.48. The van der Waals surface area contributed by atoms with Crippen LogP contribution in [0, 0.1) is 0 Å². The van der Waals surface area contributed by atoms with Crippen LogP contribution in [-0.4, -0.2) is 52.1 Å². The molecule has 0 spiro atoms. The predicted molar refractivity (Wildman–Crippen MR) is 122 cm³/mol. The molecule has 4 rings (SSSR count). The molecule has 3 aromatic heterocycles. The van der Waals surface area contributed by atoms with Crippen molar-refractivity contribution in [1.82, 2.24) is 19.9 Å². The highest BCUT2D eigenvalue weighted by molar-refractivity contribution is 6.08. The Labute approximate surface area is 185 Å². The van der Waals surface area contributed by atoms with Crippen molar-refractivity contribution in [3.05, 3.63) is 42.5 Å². The number of methoxy groups -OCH3 is 1. The van der Waals surface area contributed by atoms with Crippen LogP contribution in [0.25, 0.3) is 11.3 Å². The fraction of sp³-hybridized carbons (Fsp3) is 0.286. The van der Waals surface area contributed by atoms with Crippen LogP contribution in [0.15, 0.2) is 36.8 Å². The van der Waals surface area contributed by atoms with E-state index in [-0.39, 0.29) is 29.3 Å². The Balaban J connectivity index is 1.64. The number of nitrogens with one attached hydrogen (secondary N) is 1. The van der Waals surface area contributed by atoms with Gasteiger partial charge in [0.2, 0.25) is 11.8 Å². The number of rotatable bonds is 5. The first kappa shape index (κ1) is 21.2. The summed E-state index contributed by atoms with van der Waals surface area (Å²) in [4.78, 5) is 31.9. The van der Waals surface area contributed by atoms with E-state index in [1.165, 1.54) is 13.3 Å². The molecule has 0 unspecified atom stereocenters. The molecule has 1 atom stereocenters. The van der Waals surface area contributed by atoms with Crippen LogP contribution in [0.4, 0.5) is 23.0 Å². The van der Waals surface area contributed by atoms with Crippen molar-refractivity contribution in [3.8, 4) is 17.1 Å². The van der Waals surface area contributed by atoms with Crippen molar-refractivity contribution in [2.45, 2.75) is 18.9 Å². The predicted octanol–water partition coefficient (Wildman–Crippen LogP) is 1.29. The molecule has 0 radical (unpaired) electrons. The zero-order chi connectivity index (χ0) is 22.7. The zero-order valence-electron chi connectivity index (χ0n) is 17.7. The number of hydrogen-bond donors (Lipinski definition) is 4. The van der Waals surface area contributed by atoms with Crippen LogP contribution in [-0.2, 0) is 0 Å². The molecular formula is C21H25N9O2. The van der Waals surface area contributed by atoms with Crippen LogP contribution >= 0.6 is 0 Å². The molecule has 11 nitrogen and oxygen atoms in total. The lowest BCUT2D eigenvalue weighted by Gasteiger charge is -2.33. The maximum Gasteiger partial charge on any atom is 0.276 e. The van der Waals surface area contributed by atoms with Gasteiger partial charge in [-0.25, -0.2) is 9.97 Å². The van der Waals surface area contributed by atoms with Gasteiger partial charge in [-0.15, -0.1) is 0 Å². The minimum Gasteiger partial charge on any atom is -0.480 e. The molecule has 0 bridgehead atoms. The van der Waals surface area contributed by atoms with E-state index in [1.807, 2.05) is 6.07 Å². The van der Waals surface area contributed by atoms with Crippen molar-refractivity contribution in [3.63, 3.8) is 0 Å². The van der Waals surface area contributed by atoms with Gasteiger partial charge in [0.05, 0.1) is 41.6 Å². The molecule has 7 N–H and O–H groups in total. The summed E-state index contributed by atoms with van der Waals surface area (Å²) in [6.07, 6.45) is 6.74. The Morgan fingerprint density at radius 1 is 1.22 bits per heavy atom. The Morgan fingerprint density at radius 2 is 2.06 bits per heavy atom. The van der Waals surface area contributed by atoms with Gasteiger partial charge in [-0.3, -0.25) is 9.78 Å². The third-order valence-corrected chi connectivity index (χ3v) is 5.23. The highest BCUT2D eigenvalue weighted by atomic mass is 16.5. The van der Waals surface area contributed by atoms with Gasteiger partial charge in [0.15, 0.2) is 5.69 Å². The summed E-state index contributed by atoms with van der Waals surface area (Å²) < 4.78 is 5.27. The second kappa shape index (κ2) is 9.02. The Hall–Kier alpha value is -3.99. The van der Waals surface area contributed by atoms with Crippen molar-refractivity contribution >= 4 is 28.9 Å². The quantitative estimate of drug-likeness (QED) is 0.457. The van der Waals surface area contributed by atoms with Crippen molar-refractivity contribution in [1.29, 1.82) is 0 Å². The molecule has 1 aliphatic rings. The molecule has 0 aromatic carbocycles. The summed E-state index contributed by atoms with van der Waals surface area (Å²) in [5.74, 6) is -0.145. The number of pyridine rings is 2. The normalized spacial score (nSPS) is 15.9. The molecule has 0 saturated carbocycles. The number of carbonyl (C=O) groups excluding carboxylic acids is 1. The van der Waals surface area contributed by atoms with E-state index < -0.39 is 5.91 Å². The number of nitrogen functional groups attached to an aromatic ring is 2. The maximum absolute atomic E-state index is 13.1. The molecule has 0 aliphatic carbocycles. The second-order valence-electron chi connectivity index (χ2n) is 7.48. The number of anilines is 4. The molecule has 166 valence electrons. The maximum atomic E-state index is 13.1. The monoisotopic (exact) mass is 435 g/mol. The number of amides is 1. The third kappa shape index (κ3) is 4.37. The number of ether oxygens (including phenoxy) is 1. The van der Waals surface area contributed by atoms with Crippen molar-refractivity contribution in [2.75, 3.05) is 41.9 Å². The summed E-state index contributed by atoms with van der Waals surface area (Å²) in [5.41, 5.74) is 20.4. The van der Waals surface area contributed by atoms with Crippen molar-refractivity contribution in [2.24, 2.45) is 5.73 Å². The lowest BCUT2D eigenvalue weighted by atomic mass is 10.1. The molecule has 1 fully saturated rings. The summed E-state index contributed by atoms with van der Waals surface area (Å²) in [7, 11) is 1.46. The Bertz CT molecular complexity index is 1140. The van der Waals surface area contributed by atoms with E-state index in [9.17, 15) is 4.79 Å². The molecular weight excluding hydrogens is 410 g/mol. The first-order valence-corrected chi connectivity index (χ1v) is 10.2. The summed E-state index contributed by atoms with van der Waals surface area (Å²) in [5, 5.41) is 2.89. The molecule has 4 heterocycles. The number of carbonyl (C=O) groups is 1. The first-order chi connectivity index (χ1) is 15.5. The van der Waals surface area contributed by atoms with Gasteiger partial charge < -0.3 is 32.2 Å². The van der Waals surface area contributed by atoms with E-state index in [0.717, 1.165) is 25.1 Å². The molecule has 32 heavy (non-hydrogen) atoms. The van der Waals surface area contributed by atoms with Gasteiger partial charge in [0.1, 0.15) is 0 Å². The molecule has 1 amide bonds. The topological polar surface area (TPSA) is 171 Å². The number of hydrogen-bond acceptors (Lipinski definition) is 10. The van der Waals surface area contributed by atoms with E-state index in [4.69, 9.17) is 21.9 Å². The summed E-state index contributed by atoms with van der Waals surface area (Å²) in [6, 6.07) is 5.21. The number of nitrogens with two attached hydrogens (primary N) is 3. The largest absolute Gasteiger partial charge is 0.480 e. The SMILES string of the molecule is COc1nc(N)ncc1-c1ccc(N)c(C(=O)Nc2cnccc2N2CCC[C@H](N)C2)n1. The van der Waals surface area contributed by atoms with Crippen LogP contribution < -0.4 is 32.2 Å². The third-order valence-electron chi connectivity index (χ3n) is 5.23. The molecule has 1 saturated heterocycles. The van der Waals surface area contributed by atoms with Crippen molar-refractivity contribution < 1.29 is 9.53 Å². The van der Waals surface area contributed by atoms with Gasteiger partial charge in [0, 0.05) is 31.5 Å². The highest BCUT2D eigenvalue weighted by Gasteiger charge is 2.22. The van der Waals surface area contributed by atoms with Gasteiger partial charge in [-0.2, -0.15) is 4.98 Å². The number of piperidine rings is 1. The fourth-order valence-electron chi connectivity index (χ4n) is 3.68. The van der Waals surface area contributed by atoms with Crippen LogP contribution in [0.3, 0.4) is 0 Å². The van der Waals surface area contributed by atoms with Crippen LogP contribution in [0.1, 0.15) is 23.3 Å². The average Bonchev–Trinajstić information content (AvgIpc) is 2.79. The molecule has 3 aromatic rings. The Kier molecular flexibility index (Phi) is 5.99. The van der Waals surface area contributed by atoms with Gasteiger partial charge in [0.25, 0.3) is 5.91 Å². The lowest BCUT2D eigenvalue weighted by Crippen LogP contribution is -2.43. The van der Waals surface area contributed by atoms with E-state index in [2.05, 4.69) is 30.2 Å². The smallest absolute Gasteiger partial charge is 0.276 e. The van der Waals surface area contributed by atoms with Gasteiger partial charge in [-0.05, 0) is 31.0 Å². The Morgan fingerprint density at radius 3 is 2.84 bits per heavy atom.